The number of carbonyl (C=O) groups is 1. The molecule has 0 aromatic heterocycles. The third kappa shape index (κ3) is 5.05. The molecule has 25 heavy (non-hydrogen) atoms. The van der Waals surface area contributed by atoms with Gasteiger partial charge in [-0.25, -0.2) is 0 Å². The lowest BCUT2D eigenvalue weighted by Crippen LogP contribution is -2.32. The topological polar surface area (TPSA) is 58.4 Å². The Labute approximate surface area is 163 Å². The molecular weight excluding hydrogens is 402 g/mol. The Morgan fingerprint density at radius 2 is 1.80 bits per heavy atom. The average molecular weight is 425 g/mol. The van der Waals surface area contributed by atoms with E-state index in [0.29, 0.717) is 24.9 Å². The van der Waals surface area contributed by atoms with Gasteiger partial charge >= 0.3 is 0 Å². The molecule has 0 spiro atoms. The van der Waals surface area contributed by atoms with E-state index in [0.717, 1.165) is 23.2 Å². The number of para-hydroxylation sites is 1. The molecule has 1 heterocycles. The molecule has 1 aliphatic heterocycles. The van der Waals surface area contributed by atoms with Gasteiger partial charge < -0.3 is 11.1 Å². The van der Waals surface area contributed by atoms with Crippen molar-refractivity contribution in [3.63, 3.8) is 0 Å². The van der Waals surface area contributed by atoms with Crippen LogP contribution in [-0.4, -0.2) is 37.0 Å². The predicted molar refractivity (Wildman–Crippen MR) is 108 cm³/mol. The third-order valence-electron chi connectivity index (χ3n) is 4.56. The van der Waals surface area contributed by atoms with Gasteiger partial charge in [-0.3, -0.25) is 9.69 Å². The van der Waals surface area contributed by atoms with Crippen LogP contribution in [0.5, 0.6) is 0 Å². The Kier molecular flexibility index (Phi) is 7.44. The third-order valence-corrected chi connectivity index (χ3v) is 5.25. The number of carbonyl (C=O) groups excluding carboxylic acids is 1. The van der Waals surface area contributed by atoms with Gasteiger partial charge in [0.15, 0.2) is 0 Å². The number of anilines is 1. The van der Waals surface area contributed by atoms with Crippen molar-refractivity contribution < 1.29 is 4.79 Å². The first-order valence-electron chi connectivity index (χ1n) is 8.19. The molecule has 1 saturated heterocycles. The van der Waals surface area contributed by atoms with Crippen molar-refractivity contribution >= 4 is 39.9 Å². The summed E-state index contributed by atoms with van der Waals surface area (Å²) in [6.45, 7) is 2.76. The van der Waals surface area contributed by atoms with Crippen LogP contribution < -0.4 is 11.1 Å². The van der Waals surface area contributed by atoms with Crippen LogP contribution in [-0.2, 0) is 4.79 Å². The van der Waals surface area contributed by atoms with E-state index in [1.807, 2.05) is 30.3 Å². The van der Waals surface area contributed by atoms with E-state index in [1.165, 1.54) is 5.56 Å². The molecule has 3 rings (SSSR count). The van der Waals surface area contributed by atoms with E-state index in [4.69, 9.17) is 5.73 Å². The molecule has 134 valence electrons. The molecule has 0 saturated carbocycles. The predicted octanol–water partition coefficient (Wildman–Crippen LogP) is 3.48. The summed E-state index contributed by atoms with van der Waals surface area (Å²) in [5.41, 5.74) is 8.07. The number of likely N-dealkylation sites (tertiary alicyclic amines) is 1. The van der Waals surface area contributed by atoms with Crippen LogP contribution in [0, 0.1) is 5.92 Å². The van der Waals surface area contributed by atoms with Crippen molar-refractivity contribution in [3.8, 4) is 0 Å². The quantitative estimate of drug-likeness (QED) is 0.772. The molecule has 0 radical (unpaired) electrons. The molecule has 4 nitrogen and oxygen atoms in total. The highest BCUT2D eigenvalue weighted by Gasteiger charge is 2.33. The molecule has 1 aliphatic rings. The fourth-order valence-electron chi connectivity index (χ4n) is 3.36. The number of benzene rings is 2. The summed E-state index contributed by atoms with van der Waals surface area (Å²) < 4.78 is 0.891. The van der Waals surface area contributed by atoms with Crippen LogP contribution in [0.25, 0.3) is 0 Å². The number of hydrogen-bond acceptors (Lipinski definition) is 3. The Balaban J connectivity index is 0.00000225. The van der Waals surface area contributed by atoms with Crippen molar-refractivity contribution in [2.75, 3.05) is 31.5 Å². The number of nitrogens with two attached hydrogens (primary N) is 1. The number of amides is 1. The molecule has 0 bridgehead atoms. The first kappa shape index (κ1) is 19.9. The maximum Gasteiger partial charge on any atom is 0.238 e. The zero-order chi connectivity index (χ0) is 16.9. The van der Waals surface area contributed by atoms with E-state index in [2.05, 4.69) is 50.4 Å². The molecule has 3 N–H and O–H groups in total. The molecular formula is C19H23BrClN3O. The van der Waals surface area contributed by atoms with E-state index in [9.17, 15) is 4.79 Å². The highest BCUT2D eigenvalue weighted by atomic mass is 79.9. The highest BCUT2D eigenvalue weighted by Crippen LogP contribution is 2.31. The second-order valence-electron chi connectivity index (χ2n) is 6.24. The van der Waals surface area contributed by atoms with Crippen LogP contribution in [0.4, 0.5) is 5.69 Å². The fourth-order valence-corrected chi connectivity index (χ4v) is 3.75. The Hall–Kier alpha value is -1.40. The Morgan fingerprint density at radius 3 is 2.48 bits per heavy atom. The molecule has 2 atom stereocenters. The first-order chi connectivity index (χ1) is 11.7. The summed E-state index contributed by atoms with van der Waals surface area (Å²) >= 11 is 3.45. The van der Waals surface area contributed by atoms with Gasteiger partial charge in [-0.05, 0) is 46.1 Å². The summed E-state index contributed by atoms with van der Waals surface area (Å²) in [5.74, 6) is 0.794. The van der Waals surface area contributed by atoms with Crippen LogP contribution in [0.15, 0.2) is 59.1 Å². The number of nitrogens with one attached hydrogen (secondary N) is 1. The fraction of sp³-hybridized carbons (Fsp3) is 0.316. The average Bonchev–Trinajstić information content (AvgIpc) is 3.00. The van der Waals surface area contributed by atoms with Gasteiger partial charge in [0.25, 0.3) is 0 Å². The van der Waals surface area contributed by atoms with E-state index >= 15 is 0 Å². The van der Waals surface area contributed by atoms with Crippen molar-refractivity contribution in [2.45, 2.75) is 5.92 Å². The summed E-state index contributed by atoms with van der Waals surface area (Å²) in [4.78, 5) is 14.5. The van der Waals surface area contributed by atoms with Crippen molar-refractivity contribution in [1.82, 2.24) is 4.90 Å². The minimum Gasteiger partial charge on any atom is -0.330 e. The first-order valence-corrected chi connectivity index (χ1v) is 8.98. The largest absolute Gasteiger partial charge is 0.330 e. The summed E-state index contributed by atoms with van der Waals surface area (Å²) in [7, 11) is 0. The molecule has 6 heteroatoms. The van der Waals surface area contributed by atoms with Crippen molar-refractivity contribution in [2.24, 2.45) is 11.7 Å². The lowest BCUT2D eigenvalue weighted by atomic mass is 9.89. The van der Waals surface area contributed by atoms with Gasteiger partial charge in [-0.1, -0.05) is 42.5 Å². The van der Waals surface area contributed by atoms with Gasteiger partial charge in [-0.15, -0.1) is 12.4 Å². The van der Waals surface area contributed by atoms with E-state index < -0.39 is 0 Å². The normalized spacial score (nSPS) is 20.1. The number of halogens is 2. The van der Waals surface area contributed by atoms with Crippen LogP contribution in [0.2, 0.25) is 0 Å². The lowest BCUT2D eigenvalue weighted by Gasteiger charge is -2.17. The molecule has 0 unspecified atom stereocenters. The maximum atomic E-state index is 12.4. The molecule has 2 aromatic rings. The monoisotopic (exact) mass is 423 g/mol. The summed E-state index contributed by atoms with van der Waals surface area (Å²) in [6, 6.07) is 18.1. The van der Waals surface area contributed by atoms with Gasteiger partial charge in [0.1, 0.15) is 0 Å². The lowest BCUT2D eigenvalue weighted by molar-refractivity contribution is -0.117. The number of rotatable bonds is 5. The van der Waals surface area contributed by atoms with Gasteiger partial charge in [0, 0.05) is 23.5 Å². The van der Waals surface area contributed by atoms with Crippen LogP contribution in [0.1, 0.15) is 11.5 Å². The standard InChI is InChI=1S/C19H22BrN3O.ClH/c20-17-8-4-5-9-18(17)22-19(24)13-23-11-15(10-21)16(12-23)14-6-2-1-3-7-14;/h1-9,15-16H,10-13,21H2,(H,22,24);1H/t15-,16+;/m1./s1. The second-order valence-corrected chi connectivity index (χ2v) is 7.09. The smallest absolute Gasteiger partial charge is 0.238 e. The SMILES string of the molecule is Cl.NC[C@@H]1CN(CC(=O)Nc2ccccc2Br)C[C@H]1c1ccccc1. The summed E-state index contributed by atoms with van der Waals surface area (Å²) in [6.07, 6.45) is 0. The number of nitrogens with zero attached hydrogens (tertiary/aromatic N) is 1. The minimum absolute atomic E-state index is 0. The molecule has 1 amide bonds. The van der Waals surface area contributed by atoms with E-state index in [-0.39, 0.29) is 18.3 Å². The Bertz CT molecular complexity index is 698. The zero-order valence-electron chi connectivity index (χ0n) is 13.9. The Morgan fingerprint density at radius 1 is 1.12 bits per heavy atom. The van der Waals surface area contributed by atoms with Crippen LogP contribution in [0.3, 0.4) is 0 Å². The highest BCUT2D eigenvalue weighted by molar-refractivity contribution is 9.10. The maximum absolute atomic E-state index is 12.4. The van der Waals surface area contributed by atoms with Crippen molar-refractivity contribution in [1.29, 1.82) is 0 Å². The van der Waals surface area contributed by atoms with E-state index in [1.54, 1.807) is 0 Å². The molecule has 0 aliphatic carbocycles. The molecule has 2 aromatic carbocycles. The van der Waals surface area contributed by atoms with Gasteiger partial charge in [-0.2, -0.15) is 0 Å². The van der Waals surface area contributed by atoms with Gasteiger partial charge in [0.2, 0.25) is 5.91 Å². The van der Waals surface area contributed by atoms with Gasteiger partial charge in [0.05, 0.1) is 12.2 Å². The zero-order valence-corrected chi connectivity index (χ0v) is 16.3. The molecule has 1 fully saturated rings. The summed E-state index contributed by atoms with van der Waals surface area (Å²) in [5, 5.41) is 2.97. The van der Waals surface area contributed by atoms with Crippen molar-refractivity contribution in [3.05, 3.63) is 64.6 Å². The second kappa shape index (κ2) is 9.34. The van der Waals surface area contributed by atoms with Crippen LogP contribution >= 0.6 is 28.3 Å². The number of hydrogen-bond donors (Lipinski definition) is 2. The minimum atomic E-state index is 0.